The molecule has 5 heteroatoms. The molecule has 2 rings (SSSR count). The zero-order valence-electron chi connectivity index (χ0n) is 8.64. The summed E-state index contributed by atoms with van der Waals surface area (Å²) in [5, 5.41) is 9.87. The van der Waals surface area contributed by atoms with Crippen LogP contribution in [0.25, 0.3) is 0 Å². The number of aliphatic hydroxyl groups is 1. The maximum Gasteiger partial charge on any atom is 0.146 e. The van der Waals surface area contributed by atoms with Gasteiger partial charge in [-0.2, -0.15) is 0 Å². The summed E-state index contributed by atoms with van der Waals surface area (Å²) < 4.78 is 11.4. The molecular formula is C11H13BrO3S. The van der Waals surface area contributed by atoms with Gasteiger partial charge in [-0.15, -0.1) is 11.8 Å². The van der Waals surface area contributed by atoms with E-state index < -0.39 is 6.10 Å². The molecule has 1 N–H and O–H groups in total. The maximum atomic E-state index is 9.84. The minimum atomic E-state index is -0.480. The van der Waals surface area contributed by atoms with E-state index in [4.69, 9.17) is 9.47 Å². The predicted molar refractivity (Wildman–Crippen MR) is 66.6 cm³/mol. The molecule has 1 aromatic rings. The molecule has 0 spiro atoms. The third-order valence-corrected chi connectivity index (χ3v) is 4.02. The average molecular weight is 305 g/mol. The van der Waals surface area contributed by atoms with Gasteiger partial charge < -0.3 is 14.6 Å². The van der Waals surface area contributed by atoms with Crippen molar-refractivity contribution in [2.45, 2.75) is 16.2 Å². The molecule has 0 aromatic heterocycles. The lowest BCUT2D eigenvalue weighted by Gasteiger charge is -2.18. The molecule has 1 saturated heterocycles. The summed E-state index contributed by atoms with van der Waals surface area (Å²) in [6, 6.07) is 8.01. The average Bonchev–Trinajstić information content (AvgIpc) is 2.45. The van der Waals surface area contributed by atoms with E-state index in [2.05, 4.69) is 15.9 Å². The Morgan fingerprint density at radius 1 is 1.31 bits per heavy atom. The molecule has 1 aliphatic rings. The van der Waals surface area contributed by atoms with Crippen LogP contribution in [0.15, 0.2) is 33.6 Å². The molecule has 0 saturated carbocycles. The van der Waals surface area contributed by atoms with Gasteiger partial charge in [0.15, 0.2) is 0 Å². The topological polar surface area (TPSA) is 38.7 Å². The Morgan fingerprint density at radius 3 is 2.94 bits per heavy atom. The lowest BCUT2D eigenvalue weighted by Crippen LogP contribution is -2.28. The van der Waals surface area contributed by atoms with Crippen molar-refractivity contribution < 1.29 is 14.6 Å². The summed E-state index contributed by atoms with van der Waals surface area (Å²) >= 11 is 5.04. The first-order valence-corrected chi connectivity index (χ1v) is 6.69. The van der Waals surface area contributed by atoms with Gasteiger partial charge in [0.1, 0.15) is 6.79 Å². The zero-order valence-corrected chi connectivity index (χ0v) is 11.0. The van der Waals surface area contributed by atoms with Crippen LogP contribution in [0.4, 0.5) is 0 Å². The van der Waals surface area contributed by atoms with Crippen molar-refractivity contribution in [1.82, 2.24) is 0 Å². The molecule has 0 aliphatic carbocycles. The van der Waals surface area contributed by atoms with Gasteiger partial charge >= 0.3 is 0 Å². The van der Waals surface area contributed by atoms with E-state index in [0.29, 0.717) is 13.2 Å². The number of benzene rings is 1. The van der Waals surface area contributed by atoms with Crippen LogP contribution in [-0.4, -0.2) is 36.5 Å². The van der Waals surface area contributed by atoms with Crippen molar-refractivity contribution in [3.8, 4) is 0 Å². The Labute approximate surface area is 107 Å². The second kappa shape index (κ2) is 6.02. The highest BCUT2D eigenvalue weighted by atomic mass is 79.9. The minimum Gasteiger partial charge on any atom is -0.389 e. The smallest absolute Gasteiger partial charge is 0.146 e. The molecule has 1 aliphatic heterocycles. The van der Waals surface area contributed by atoms with Gasteiger partial charge in [-0.25, -0.2) is 0 Å². The van der Waals surface area contributed by atoms with Gasteiger partial charge in [-0.3, -0.25) is 0 Å². The molecule has 0 unspecified atom stereocenters. The maximum absolute atomic E-state index is 9.84. The summed E-state index contributed by atoms with van der Waals surface area (Å²) in [6.07, 6.45) is -0.480. The van der Waals surface area contributed by atoms with E-state index in [-0.39, 0.29) is 12.0 Å². The van der Waals surface area contributed by atoms with Gasteiger partial charge in [0.25, 0.3) is 0 Å². The molecule has 0 amide bonds. The Morgan fingerprint density at radius 2 is 2.12 bits per heavy atom. The molecule has 3 nitrogen and oxygen atoms in total. The minimum absolute atomic E-state index is 0.0248. The number of hydrogen-bond donors (Lipinski definition) is 1. The molecular weight excluding hydrogens is 292 g/mol. The van der Waals surface area contributed by atoms with Crippen LogP contribution in [0.3, 0.4) is 0 Å². The van der Waals surface area contributed by atoms with Crippen molar-refractivity contribution in [2.24, 2.45) is 0 Å². The third kappa shape index (κ3) is 3.46. The van der Waals surface area contributed by atoms with Gasteiger partial charge in [0.2, 0.25) is 0 Å². The number of halogens is 1. The van der Waals surface area contributed by atoms with Crippen LogP contribution in [-0.2, 0) is 9.47 Å². The van der Waals surface area contributed by atoms with Crippen LogP contribution < -0.4 is 0 Å². The van der Waals surface area contributed by atoms with E-state index in [1.165, 1.54) is 0 Å². The zero-order chi connectivity index (χ0) is 11.4. The van der Waals surface area contributed by atoms with Crippen LogP contribution in [0.5, 0.6) is 0 Å². The summed E-state index contributed by atoms with van der Waals surface area (Å²) in [5.74, 6) is 0. The van der Waals surface area contributed by atoms with Gasteiger partial charge in [0.05, 0.1) is 24.6 Å². The fourth-order valence-electron chi connectivity index (χ4n) is 1.44. The van der Waals surface area contributed by atoms with E-state index >= 15 is 0 Å². The Kier molecular flexibility index (Phi) is 4.66. The second-order valence-corrected chi connectivity index (χ2v) is 5.77. The quantitative estimate of drug-likeness (QED) is 0.910. The fourth-order valence-corrected chi connectivity index (χ4v) is 3.09. The highest BCUT2D eigenvalue weighted by Gasteiger charge is 2.23. The van der Waals surface area contributed by atoms with E-state index in [9.17, 15) is 5.11 Å². The normalized spacial score (nSPS) is 26.4. The van der Waals surface area contributed by atoms with Crippen molar-refractivity contribution in [3.05, 3.63) is 28.7 Å². The van der Waals surface area contributed by atoms with Crippen LogP contribution in [0.2, 0.25) is 0 Å². The largest absolute Gasteiger partial charge is 0.389 e. The fraction of sp³-hybridized carbons (Fsp3) is 0.455. The predicted octanol–water partition coefficient (Wildman–Crippen LogP) is 2.28. The van der Waals surface area contributed by atoms with E-state index in [0.717, 1.165) is 9.37 Å². The summed E-state index contributed by atoms with van der Waals surface area (Å²) in [4.78, 5) is 1.11. The van der Waals surface area contributed by atoms with Crippen LogP contribution >= 0.6 is 27.7 Å². The summed E-state index contributed by atoms with van der Waals surface area (Å²) in [7, 11) is 0. The van der Waals surface area contributed by atoms with E-state index in [1.54, 1.807) is 11.8 Å². The Hall–Kier alpha value is -0.0700. The first-order valence-electron chi connectivity index (χ1n) is 5.01. The first kappa shape index (κ1) is 12.4. The number of thioether (sulfide) groups is 1. The lowest BCUT2D eigenvalue weighted by molar-refractivity contribution is -0.0420. The van der Waals surface area contributed by atoms with Gasteiger partial charge in [-0.1, -0.05) is 22.0 Å². The van der Waals surface area contributed by atoms with Crippen molar-refractivity contribution in [2.75, 3.05) is 20.0 Å². The Balaban J connectivity index is 2.02. The monoisotopic (exact) mass is 304 g/mol. The molecule has 88 valence electrons. The molecule has 2 atom stereocenters. The first-order chi connectivity index (χ1) is 7.75. The van der Waals surface area contributed by atoms with E-state index in [1.807, 2.05) is 24.3 Å². The van der Waals surface area contributed by atoms with Crippen molar-refractivity contribution in [3.63, 3.8) is 0 Å². The highest BCUT2D eigenvalue weighted by molar-refractivity contribution is 9.10. The summed E-state index contributed by atoms with van der Waals surface area (Å²) in [5.41, 5.74) is 0. The molecule has 16 heavy (non-hydrogen) atoms. The molecule has 0 radical (unpaired) electrons. The second-order valence-electron chi connectivity index (χ2n) is 3.54. The molecule has 0 bridgehead atoms. The van der Waals surface area contributed by atoms with Gasteiger partial charge in [-0.05, 0) is 18.2 Å². The Bertz CT molecular complexity index is 348. The SMILES string of the molecule is O[C@H]1COCOC[C@@H]1Sc1cccc(Br)c1. The van der Waals surface area contributed by atoms with Gasteiger partial charge in [0, 0.05) is 9.37 Å². The molecule has 1 aromatic carbocycles. The lowest BCUT2D eigenvalue weighted by atomic mass is 10.3. The van der Waals surface area contributed by atoms with Crippen molar-refractivity contribution >= 4 is 27.7 Å². The third-order valence-electron chi connectivity index (χ3n) is 2.25. The number of ether oxygens (including phenoxy) is 2. The van der Waals surface area contributed by atoms with Crippen molar-refractivity contribution in [1.29, 1.82) is 0 Å². The highest BCUT2D eigenvalue weighted by Crippen LogP contribution is 2.28. The number of rotatable bonds is 2. The summed E-state index contributed by atoms with van der Waals surface area (Å²) in [6.45, 7) is 1.12. The molecule has 1 heterocycles. The standard InChI is InChI=1S/C11H13BrO3S/c12-8-2-1-3-9(4-8)16-11-6-15-7-14-5-10(11)13/h1-4,10-11,13H,5-7H2/t10-,11-/m0/s1. The number of hydrogen-bond acceptors (Lipinski definition) is 4. The molecule has 1 fully saturated rings. The van der Waals surface area contributed by atoms with Crippen LogP contribution in [0, 0.1) is 0 Å². The van der Waals surface area contributed by atoms with Crippen LogP contribution in [0.1, 0.15) is 0 Å². The number of aliphatic hydroxyl groups excluding tert-OH is 1.